The molecule has 4 rings (SSSR count). The summed E-state index contributed by atoms with van der Waals surface area (Å²) in [6, 6.07) is 1.86. The fourth-order valence-corrected chi connectivity index (χ4v) is 5.88. The second-order valence-corrected chi connectivity index (χ2v) is 11.9. The third-order valence-electron chi connectivity index (χ3n) is 8.29. The van der Waals surface area contributed by atoms with Gasteiger partial charge in [-0.3, -0.25) is 28.8 Å². The van der Waals surface area contributed by atoms with Crippen molar-refractivity contribution in [2.75, 3.05) is 6.54 Å². The molecule has 238 valence electrons. The van der Waals surface area contributed by atoms with E-state index in [0.29, 0.717) is 25.7 Å². The van der Waals surface area contributed by atoms with Gasteiger partial charge in [-0.15, -0.1) is 0 Å². The van der Waals surface area contributed by atoms with Crippen LogP contribution < -0.4 is 21.3 Å². The first-order chi connectivity index (χ1) is 21.0. The van der Waals surface area contributed by atoms with Gasteiger partial charge in [0.15, 0.2) is 0 Å². The van der Waals surface area contributed by atoms with Crippen LogP contribution in [0.1, 0.15) is 64.9 Å². The number of hydrogen-bond acceptors (Lipinski definition) is 6. The monoisotopic (exact) mass is 610 g/mol. The van der Waals surface area contributed by atoms with Crippen LogP contribution >= 0.6 is 0 Å². The number of aromatic nitrogens is 1. The Morgan fingerprint density at radius 1 is 0.932 bits per heavy atom. The summed E-state index contributed by atoms with van der Waals surface area (Å²) in [5.74, 6) is -4.81. The van der Waals surface area contributed by atoms with E-state index in [1.165, 1.54) is 4.90 Å². The Bertz CT molecular complexity index is 1400. The van der Waals surface area contributed by atoms with Crippen LogP contribution in [-0.2, 0) is 35.2 Å². The molecule has 13 nitrogen and oxygen atoms in total. The van der Waals surface area contributed by atoms with Crippen molar-refractivity contribution in [3.8, 4) is 0 Å². The minimum atomic E-state index is -1.47. The summed E-state index contributed by atoms with van der Waals surface area (Å²) in [5, 5.41) is 21.3. The zero-order valence-corrected chi connectivity index (χ0v) is 25.4. The van der Waals surface area contributed by atoms with Crippen molar-refractivity contribution in [2.24, 2.45) is 5.92 Å². The molecule has 13 heteroatoms. The number of para-hydroxylation sites is 1. The molecular formula is C31H42N6O7. The van der Waals surface area contributed by atoms with Gasteiger partial charge in [0, 0.05) is 30.1 Å². The molecule has 0 saturated carbocycles. The molecule has 5 atom stereocenters. The van der Waals surface area contributed by atoms with E-state index in [1.54, 1.807) is 20.0 Å². The highest BCUT2D eigenvalue weighted by atomic mass is 16.4. The van der Waals surface area contributed by atoms with E-state index >= 15 is 0 Å². The van der Waals surface area contributed by atoms with Crippen molar-refractivity contribution < 1.29 is 33.9 Å². The normalized spacial score (nSPS) is 25.5. The van der Waals surface area contributed by atoms with Crippen LogP contribution in [0.25, 0.3) is 10.9 Å². The van der Waals surface area contributed by atoms with Crippen LogP contribution in [0.4, 0.5) is 0 Å². The predicted octanol–water partition coefficient (Wildman–Crippen LogP) is 0.975. The predicted molar refractivity (Wildman–Crippen MR) is 161 cm³/mol. The number of carboxylic acid groups (broad SMARTS) is 1. The summed E-state index contributed by atoms with van der Waals surface area (Å²) in [6.45, 7) is 5.67. The maximum absolute atomic E-state index is 13.8. The topological polar surface area (TPSA) is 190 Å². The first kappa shape index (κ1) is 32.5. The molecule has 2 aliphatic heterocycles. The Hall–Kier alpha value is -4.42. The van der Waals surface area contributed by atoms with Crippen molar-refractivity contribution in [3.05, 3.63) is 36.0 Å². The van der Waals surface area contributed by atoms with Crippen molar-refractivity contribution in [3.63, 3.8) is 0 Å². The molecule has 2 aliphatic rings. The molecule has 1 aromatic carbocycles. The van der Waals surface area contributed by atoms with E-state index in [-0.39, 0.29) is 18.9 Å². The van der Waals surface area contributed by atoms with Gasteiger partial charge in [0.2, 0.25) is 29.5 Å². The Morgan fingerprint density at radius 2 is 1.61 bits per heavy atom. The molecule has 0 unspecified atom stereocenters. The molecule has 0 radical (unpaired) electrons. The molecule has 1 aromatic heterocycles. The van der Waals surface area contributed by atoms with Gasteiger partial charge >= 0.3 is 5.97 Å². The number of aromatic amines is 1. The lowest BCUT2D eigenvalue weighted by atomic mass is 10.0. The molecule has 44 heavy (non-hydrogen) atoms. The molecule has 2 saturated heterocycles. The maximum Gasteiger partial charge on any atom is 0.305 e. The average molecular weight is 611 g/mol. The molecule has 6 N–H and O–H groups in total. The van der Waals surface area contributed by atoms with Crippen LogP contribution in [-0.4, -0.2) is 87.2 Å². The summed E-state index contributed by atoms with van der Waals surface area (Å²) in [5.41, 5.74) is 1.55. The lowest BCUT2D eigenvalue weighted by molar-refractivity contribution is -0.146. The minimum Gasteiger partial charge on any atom is -0.481 e. The largest absolute Gasteiger partial charge is 0.481 e. The number of carbonyl (C=O) groups excluding carboxylic acids is 5. The first-order valence-corrected chi connectivity index (χ1v) is 15.3. The lowest BCUT2D eigenvalue weighted by Crippen LogP contribution is -2.58. The van der Waals surface area contributed by atoms with Crippen LogP contribution in [0.5, 0.6) is 0 Å². The average Bonchev–Trinajstić information content (AvgIpc) is 3.63. The molecule has 2 aromatic rings. The van der Waals surface area contributed by atoms with Crippen LogP contribution in [0.2, 0.25) is 0 Å². The highest BCUT2D eigenvalue weighted by Gasteiger charge is 2.41. The van der Waals surface area contributed by atoms with Gasteiger partial charge in [-0.1, -0.05) is 51.8 Å². The second-order valence-electron chi connectivity index (χ2n) is 11.9. The van der Waals surface area contributed by atoms with Crippen molar-refractivity contribution in [1.82, 2.24) is 31.2 Å². The summed E-state index contributed by atoms with van der Waals surface area (Å²) in [6.07, 6.45) is 3.53. The van der Waals surface area contributed by atoms with Crippen LogP contribution in [0.3, 0.4) is 0 Å². The van der Waals surface area contributed by atoms with Gasteiger partial charge in [0.25, 0.3) is 0 Å². The molecule has 0 aliphatic carbocycles. The highest BCUT2D eigenvalue weighted by Crippen LogP contribution is 2.22. The zero-order valence-electron chi connectivity index (χ0n) is 25.4. The number of aliphatic carboxylic acids is 1. The third-order valence-corrected chi connectivity index (χ3v) is 8.29. The van der Waals surface area contributed by atoms with Crippen molar-refractivity contribution >= 4 is 46.4 Å². The number of H-pyrrole nitrogens is 1. The number of rotatable bonds is 8. The Morgan fingerprint density at radius 3 is 2.32 bits per heavy atom. The molecular weight excluding hydrogens is 568 g/mol. The Labute approximate surface area is 255 Å². The lowest BCUT2D eigenvalue weighted by Gasteiger charge is -2.30. The van der Waals surface area contributed by atoms with Crippen LogP contribution in [0, 0.1) is 5.92 Å². The number of amides is 5. The van der Waals surface area contributed by atoms with E-state index in [1.807, 2.05) is 31.2 Å². The standard InChI is InChI=1S/C31H42N6O7/c1-4-5-10-21-27(40)34-22(14-18-16-32-20-11-7-6-9-19(18)20)28(41)35-23(15-25(38)39)31(44)37-13-8-12-24(37)29(42)36-26(17(2)3)30(43)33-21/h6-7,9,11,16-17,21-24,26,32H,4-5,8,10,12-15H2,1-3H3,(H,33,43)(H,34,40)(H,35,41)(H,36,42)(H,38,39)/t21-,22+,23+,24-,26+/m1/s1. The van der Waals surface area contributed by atoms with E-state index in [4.69, 9.17) is 0 Å². The smallest absolute Gasteiger partial charge is 0.305 e. The number of carbonyl (C=O) groups is 6. The van der Waals surface area contributed by atoms with E-state index in [2.05, 4.69) is 26.3 Å². The fraction of sp³-hybridized carbons (Fsp3) is 0.548. The van der Waals surface area contributed by atoms with Gasteiger partial charge in [-0.2, -0.15) is 0 Å². The molecule has 0 spiro atoms. The number of hydrogen-bond donors (Lipinski definition) is 6. The third kappa shape index (κ3) is 7.56. The maximum atomic E-state index is 13.8. The first-order valence-electron chi connectivity index (χ1n) is 15.3. The number of benzene rings is 1. The Balaban J connectivity index is 1.75. The van der Waals surface area contributed by atoms with Crippen LogP contribution in [0.15, 0.2) is 30.5 Å². The van der Waals surface area contributed by atoms with Gasteiger partial charge < -0.3 is 36.3 Å². The van der Waals surface area contributed by atoms with Gasteiger partial charge in [0.05, 0.1) is 6.42 Å². The van der Waals surface area contributed by atoms with Gasteiger partial charge in [-0.25, -0.2) is 0 Å². The molecule has 2 fully saturated rings. The van der Waals surface area contributed by atoms with Gasteiger partial charge in [-0.05, 0) is 36.8 Å². The number of nitrogens with one attached hydrogen (secondary N) is 5. The van der Waals surface area contributed by atoms with Gasteiger partial charge in [0.1, 0.15) is 30.2 Å². The molecule has 3 heterocycles. The van der Waals surface area contributed by atoms with E-state index in [0.717, 1.165) is 22.9 Å². The highest BCUT2D eigenvalue weighted by molar-refractivity contribution is 5.99. The number of carboxylic acids is 1. The second kappa shape index (κ2) is 14.4. The number of nitrogens with zero attached hydrogens (tertiary/aromatic N) is 1. The quantitative estimate of drug-likeness (QED) is 0.257. The number of unbranched alkanes of at least 4 members (excludes halogenated alkanes) is 1. The SMILES string of the molecule is CCCC[C@H]1NC(=O)[C@H](C(C)C)NC(=O)[C@H]2CCCN2C(=O)[C@H](CC(=O)O)NC(=O)[C@H](Cc2c[nH]c3ccccc23)NC1=O. The van der Waals surface area contributed by atoms with E-state index in [9.17, 15) is 33.9 Å². The zero-order chi connectivity index (χ0) is 32.0. The summed E-state index contributed by atoms with van der Waals surface area (Å²) >= 11 is 0. The molecule has 0 bridgehead atoms. The fourth-order valence-electron chi connectivity index (χ4n) is 5.88. The van der Waals surface area contributed by atoms with Crippen molar-refractivity contribution in [1.29, 1.82) is 0 Å². The number of fused-ring (bicyclic) bond motifs is 2. The van der Waals surface area contributed by atoms with E-state index < -0.39 is 72.1 Å². The molecule has 5 amide bonds. The summed E-state index contributed by atoms with van der Waals surface area (Å²) in [4.78, 5) is 84.4. The minimum absolute atomic E-state index is 0.0328. The summed E-state index contributed by atoms with van der Waals surface area (Å²) < 4.78 is 0. The summed E-state index contributed by atoms with van der Waals surface area (Å²) in [7, 11) is 0. The van der Waals surface area contributed by atoms with Crippen molar-refractivity contribution in [2.45, 2.75) is 95.9 Å². The Kier molecular flexibility index (Phi) is 10.6.